The summed E-state index contributed by atoms with van der Waals surface area (Å²) in [5, 5.41) is 0. The summed E-state index contributed by atoms with van der Waals surface area (Å²) in [6.45, 7) is 0. The van der Waals surface area contributed by atoms with E-state index in [0.29, 0.717) is 13.4 Å². The zero-order chi connectivity index (χ0) is 13.8. The van der Waals surface area contributed by atoms with Crippen molar-refractivity contribution in [1.29, 1.82) is 0 Å². The van der Waals surface area contributed by atoms with Gasteiger partial charge < -0.3 is 9.29 Å². The molecule has 11 heteroatoms. The molecule has 0 aliphatic carbocycles. The Balaban J connectivity index is 0.00000180. The van der Waals surface area contributed by atoms with E-state index < -0.39 is 21.5 Å². The molecule has 0 saturated heterocycles. The number of cyclic esters (lactones) is 1. The van der Waals surface area contributed by atoms with Gasteiger partial charge in [0.25, 0.3) is 0 Å². The van der Waals surface area contributed by atoms with E-state index in [1.807, 2.05) is 0 Å². The van der Waals surface area contributed by atoms with Crippen molar-refractivity contribution in [3.8, 4) is 0 Å². The van der Waals surface area contributed by atoms with Crippen LogP contribution < -0.4 is 29.6 Å². The maximum absolute atomic E-state index is 11.6. The topological polar surface area (TPSA) is 83.5 Å². The molecule has 1 aromatic carbocycles. The molecule has 0 spiro atoms. The first-order chi connectivity index (χ1) is 8.16. The molecule has 1 aromatic rings. The molecule has 2 rings (SSSR count). The second-order valence-electron chi connectivity index (χ2n) is 3.27. The molecule has 0 N–H and O–H groups in total. The zero-order valence-corrected chi connectivity index (χ0v) is 18.2. The fourth-order valence-electron chi connectivity index (χ4n) is 1.49. The number of fused-ring (bicyclic) bond motifs is 1. The molecule has 1 atom stereocenters. The first-order valence-corrected chi connectivity index (χ1v) is 8.82. The maximum atomic E-state index is 11.6. The summed E-state index contributed by atoms with van der Waals surface area (Å²) >= 11 is 12.7. The number of esters is 1. The number of hydrogen-bond donors (Lipinski definition) is 0. The molecule has 98 valence electrons. The summed E-state index contributed by atoms with van der Waals surface area (Å²) in [6.07, 6.45) is 0. The fraction of sp³-hybridized carbons (Fsp3) is 0.125. The molecule has 1 heterocycles. The van der Waals surface area contributed by atoms with E-state index in [-0.39, 0.29) is 45.2 Å². The third kappa shape index (κ3) is 3.16. The quantitative estimate of drug-likeness (QED) is 0.167. The van der Waals surface area contributed by atoms with Crippen molar-refractivity contribution in [2.24, 2.45) is 0 Å². The zero-order valence-electron chi connectivity index (χ0n) is 9.04. The van der Waals surface area contributed by atoms with Crippen LogP contribution in [0.25, 0.3) is 0 Å². The van der Waals surface area contributed by atoms with Crippen molar-refractivity contribution in [3.05, 3.63) is 29.0 Å². The van der Waals surface area contributed by atoms with Gasteiger partial charge in [-0.3, -0.25) is 0 Å². The minimum atomic E-state index is -4.80. The molecule has 1 aliphatic heterocycles. The van der Waals surface area contributed by atoms with Crippen LogP contribution in [0.15, 0.2) is 17.9 Å². The van der Waals surface area contributed by atoms with E-state index in [1.54, 1.807) is 0 Å². The number of rotatable bonds is 1. The van der Waals surface area contributed by atoms with Gasteiger partial charge in [0.2, 0.25) is 5.44 Å². The van der Waals surface area contributed by atoms with Crippen molar-refractivity contribution in [2.75, 3.05) is 0 Å². The van der Waals surface area contributed by atoms with Gasteiger partial charge in [-0.2, -0.15) is 0 Å². The molecule has 19 heavy (non-hydrogen) atoms. The van der Waals surface area contributed by atoms with Crippen LogP contribution in [0, 0.1) is 0 Å². The summed E-state index contributed by atoms with van der Waals surface area (Å²) in [5.74, 6) is -0.866. The smallest absolute Gasteiger partial charge is 0.745 e. The van der Waals surface area contributed by atoms with Crippen LogP contribution in [-0.4, -0.2) is 18.9 Å². The molecule has 1 aliphatic rings. The van der Waals surface area contributed by atoms with Crippen LogP contribution in [0.1, 0.15) is 21.4 Å². The van der Waals surface area contributed by atoms with Crippen LogP contribution in [0.4, 0.5) is 0 Å². The van der Waals surface area contributed by atoms with Crippen molar-refractivity contribution in [3.63, 3.8) is 0 Å². The first kappa shape index (κ1) is 18.6. The van der Waals surface area contributed by atoms with Gasteiger partial charge in [0.05, 0.1) is 5.56 Å². The normalized spacial score (nSPS) is 17.7. The van der Waals surface area contributed by atoms with E-state index in [4.69, 9.17) is 0 Å². The monoisotopic (exact) mass is 548 g/mol. The van der Waals surface area contributed by atoms with E-state index in [2.05, 4.69) is 68.5 Å². The fourth-order valence-corrected chi connectivity index (χ4v) is 4.89. The average molecular weight is 552 g/mol. The van der Waals surface area contributed by atoms with Gasteiger partial charge in [-0.15, -0.1) is 0 Å². The van der Waals surface area contributed by atoms with Crippen LogP contribution in [-0.2, 0) is 14.9 Å². The van der Waals surface area contributed by atoms with Crippen molar-refractivity contribution >= 4 is 79.8 Å². The Labute approximate surface area is 164 Å². The average Bonchev–Trinajstić information content (AvgIpc) is 2.61. The Kier molecular flexibility index (Phi) is 6.19. The predicted molar refractivity (Wildman–Crippen MR) is 75.1 cm³/mol. The van der Waals surface area contributed by atoms with Gasteiger partial charge in [-0.25, -0.2) is 13.2 Å². The Morgan fingerprint density at radius 3 is 1.95 bits per heavy atom. The Morgan fingerprint density at radius 2 is 1.47 bits per heavy atom. The summed E-state index contributed by atoms with van der Waals surface area (Å²) in [7, 11) is -4.80. The molecule has 5 nitrogen and oxygen atoms in total. The first-order valence-electron chi connectivity index (χ1n) is 4.17. The van der Waals surface area contributed by atoms with Crippen LogP contribution >= 0.6 is 63.7 Å². The van der Waals surface area contributed by atoms with Gasteiger partial charge in [-0.1, -0.05) is 0 Å². The van der Waals surface area contributed by atoms with Crippen LogP contribution in [0.2, 0.25) is 0 Å². The minimum Gasteiger partial charge on any atom is -0.745 e. The number of ether oxygens (including phenoxy) is 1. The molecular formula is C8HBr4NaO5S. The molecule has 0 bridgehead atoms. The standard InChI is InChI=1S/C8H2Br4O5S.Na/c9-3-1-2(4(10)6(12)5(3)11)8(17-7(1)13)18(14,15)16;/h8H,(H,14,15,16);/q;+1/p-1. The number of carbonyl (C=O) groups excluding carboxylic acids is 1. The largest absolute Gasteiger partial charge is 1.00 e. The number of halogens is 4. The third-order valence-electron chi connectivity index (χ3n) is 2.22. The summed E-state index contributed by atoms with van der Waals surface area (Å²) in [5.41, 5.74) is -1.83. The maximum Gasteiger partial charge on any atom is 1.00 e. The van der Waals surface area contributed by atoms with Gasteiger partial charge in [0, 0.05) is 23.5 Å². The van der Waals surface area contributed by atoms with Gasteiger partial charge in [0.15, 0.2) is 0 Å². The van der Waals surface area contributed by atoms with E-state index >= 15 is 0 Å². The van der Waals surface area contributed by atoms with E-state index in [1.165, 1.54) is 0 Å². The Morgan fingerprint density at radius 1 is 1.00 bits per heavy atom. The van der Waals surface area contributed by atoms with Gasteiger partial charge in [0.1, 0.15) is 10.1 Å². The number of benzene rings is 1. The van der Waals surface area contributed by atoms with Gasteiger partial charge >= 0.3 is 35.5 Å². The molecule has 0 radical (unpaired) electrons. The minimum absolute atomic E-state index is 0. The molecule has 0 saturated carbocycles. The van der Waals surface area contributed by atoms with Crippen LogP contribution in [0.5, 0.6) is 0 Å². The second kappa shape index (κ2) is 6.33. The molecule has 0 aromatic heterocycles. The molecule has 1 unspecified atom stereocenters. The second-order valence-corrected chi connectivity index (χ2v) is 7.86. The van der Waals surface area contributed by atoms with Crippen molar-refractivity contribution in [2.45, 2.75) is 5.44 Å². The van der Waals surface area contributed by atoms with E-state index in [9.17, 15) is 17.8 Å². The summed E-state index contributed by atoms with van der Waals surface area (Å²) in [6, 6.07) is 0. The number of carbonyl (C=O) groups is 1. The molecular weight excluding hydrogens is 551 g/mol. The van der Waals surface area contributed by atoms with Crippen molar-refractivity contribution < 1.29 is 52.1 Å². The Bertz CT molecular complexity index is 674. The Hall–Kier alpha value is 1.52. The van der Waals surface area contributed by atoms with Gasteiger partial charge in [-0.05, 0) is 63.7 Å². The summed E-state index contributed by atoms with van der Waals surface area (Å²) < 4.78 is 39.5. The molecule has 0 amide bonds. The molecule has 0 fully saturated rings. The van der Waals surface area contributed by atoms with Crippen LogP contribution in [0.3, 0.4) is 0 Å². The SMILES string of the molecule is O=C1OC(S(=O)(=O)[O-])c2c(Br)c(Br)c(Br)c(Br)c21.[Na+]. The summed E-state index contributed by atoms with van der Waals surface area (Å²) in [4.78, 5) is 11.6. The third-order valence-corrected chi connectivity index (χ3v) is 7.87. The van der Waals surface area contributed by atoms with Crippen molar-refractivity contribution in [1.82, 2.24) is 0 Å². The number of hydrogen-bond acceptors (Lipinski definition) is 5. The van der Waals surface area contributed by atoms with E-state index in [0.717, 1.165) is 0 Å². The predicted octanol–water partition coefficient (Wildman–Crippen LogP) is 0.455.